The van der Waals surface area contributed by atoms with Gasteiger partial charge in [0.05, 0.1) is 11.6 Å². The average Bonchev–Trinajstić information content (AvgIpc) is 2.38. The lowest BCUT2D eigenvalue weighted by Gasteiger charge is -2.32. The first-order valence-electron chi connectivity index (χ1n) is 5.75. The molecule has 1 heterocycles. The van der Waals surface area contributed by atoms with Crippen LogP contribution < -0.4 is 4.90 Å². The zero-order valence-electron chi connectivity index (χ0n) is 9.70. The van der Waals surface area contributed by atoms with Gasteiger partial charge >= 0.3 is 0 Å². The molecule has 1 unspecified atom stereocenters. The Kier molecular flexibility index (Phi) is 3.56. The Balaban J connectivity index is 2.33. The predicted molar refractivity (Wildman–Crippen MR) is 62.1 cm³/mol. The third-order valence-corrected chi connectivity index (χ3v) is 3.11. The molecule has 0 aliphatic carbocycles. The fourth-order valence-electron chi connectivity index (χ4n) is 2.26. The van der Waals surface area contributed by atoms with E-state index in [4.69, 9.17) is 5.26 Å². The summed E-state index contributed by atoms with van der Waals surface area (Å²) in [5.41, 5.74) is -0.182. The van der Waals surface area contributed by atoms with Crippen molar-refractivity contribution in [2.45, 2.75) is 12.8 Å². The number of carbonyl (C=O) groups excluding carboxylic acids is 1. The summed E-state index contributed by atoms with van der Waals surface area (Å²) in [5.74, 6) is -1.69. The normalized spacial score (nSPS) is 19.4. The molecule has 1 fully saturated rings. The summed E-state index contributed by atoms with van der Waals surface area (Å²) in [6, 6.07) is 3.74. The van der Waals surface area contributed by atoms with E-state index in [1.54, 1.807) is 6.07 Å². The van der Waals surface area contributed by atoms with Crippen molar-refractivity contribution >= 4 is 12.0 Å². The molecule has 0 amide bonds. The lowest BCUT2D eigenvalue weighted by Crippen LogP contribution is -2.37. The standard InChI is InChI=1S/C13H12F2N2O/c14-11-4-10(6-16)5-12(15)13(11)17-3-1-2-9(7-17)8-18/h4-5,8-9H,1-3,7H2. The first kappa shape index (κ1) is 12.5. The summed E-state index contributed by atoms with van der Waals surface area (Å²) in [6.45, 7) is 0.841. The molecule has 0 N–H and O–H groups in total. The Morgan fingerprint density at radius 3 is 2.61 bits per heavy atom. The second-order valence-electron chi connectivity index (χ2n) is 4.38. The van der Waals surface area contributed by atoms with E-state index in [9.17, 15) is 13.6 Å². The molecule has 1 aromatic rings. The van der Waals surface area contributed by atoms with Crippen LogP contribution in [-0.2, 0) is 4.79 Å². The maximum Gasteiger partial charge on any atom is 0.150 e. The summed E-state index contributed by atoms with van der Waals surface area (Å²) in [6.07, 6.45) is 2.30. The Labute approximate surface area is 104 Å². The van der Waals surface area contributed by atoms with Crippen LogP contribution in [0.3, 0.4) is 0 Å². The van der Waals surface area contributed by atoms with Gasteiger partial charge in [-0.25, -0.2) is 8.78 Å². The number of piperidine rings is 1. The minimum Gasteiger partial charge on any atom is -0.366 e. The molecule has 0 radical (unpaired) electrons. The maximum atomic E-state index is 13.8. The van der Waals surface area contributed by atoms with E-state index in [1.807, 2.05) is 0 Å². The summed E-state index contributed by atoms with van der Waals surface area (Å²) in [4.78, 5) is 12.3. The van der Waals surface area contributed by atoms with Crippen LogP contribution in [0.5, 0.6) is 0 Å². The van der Waals surface area contributed by atoms with E-state index in [0.29, 0.717) is 13.1 Å². The summed E-state index contributed by atoms with van der Waals surface area (Å²) in [5, 5.41) is 8.62. The van der Waals surface area contributed by atoms with Crippen molar-refractivity contribution in [3.63, 3.8) is 0 Å². The Morgan fingerprint density at radius 2 is 2.06 bits per heavy atom. The highest BCUT2D eigenvalue weighted by atomic mass is 19.1. The number of halogens is 2. The molecule has 1 saturated heterocycles. The molecule has 0 spiro atoms. The van der Waals surface area contributed by atoms with Crippen LogP contribution in [0.25, 0.3) is 0 Å². The third kappa shape index (κ3) is 2.33. The second kappa shape index (κ2) is 5.13. The Bertz CT molecular complexity index is 487. The highest BCUT2D eigenvalue weighted by Crippen LogP contribution is 2.28. The molecule has 2 rings (SSSR count). The quantitative estimate of drug-likeness (QED) is 0.756. The molecule has 5 heteroatoms. The van der Waals surface area contributed by atoms with Crippen molar-refractivity contribution in [3.05, 3.63) is 29.3 Å². The number of nitriles is 1. The number of anilines is 1. The highest BCUT2D eigenvalue weighted by molar-refractivity contribution is 5.58. The fourth-order valence-corrected chi connectivity index (χ4v) is 2.26. The SMILES string of the molecule is N#Cc1cc(F)c(N2CCCC(C=O)C2)c(F)c1. The van der Waals surface area contributed by atoms with Gasteiger partial charge in [-0.15, -0.1) is 0 Å². The number of benzene rings is 1. The van der Waals surface area contributed by atoms with Crippen molar-refractivity contribution in [1.29, 1.82) is 5.26 Å². The zero-order valence-corrected chi connectivity index (χ0v) is 9.70. The minimum absolute atomic E-state index is 0.0438. The van der Waals surface area contributed by atoms with Crippen LogP contribution in [0.15, 0.2) is 12.1 Å². The van der Waals surface area contributed by atoms with Gasteiger partial charge in [-0.3, -0.25) is 0 Å². The van der Waals surface area contributed by atoms with E-state index in [-0.39, 0.29) is 17.2 Å². The van der Waals surface area contributed by atoms with Crippen molar-refractivity contribution < 1.29 is 13.6 Å². The molecule has 18 heavy (non-hydrogen) atoms. The van der Waals surface area contributed by atoms with Gasteiger partial charge < -0.3 is 9.69 Å². The molecule has 1 aromatic carbocycles. The summed E-state index contributed by atoms with van der Waals surface area (Å²) < 4.78 is 27.6. The van der Waals surface area contributed by atoms with Gasteiger partial charge in [0.1, 0.15) is 12.0 Å². The molecule has 94 valence electrons. The molecular weight excluding hydrogens is 238 g/mol. The average molecular weight is 250 g/mol. The third-order valence-electron chi connectivity index (χ3n) is 3.11. The van der Waals surface area contributed by atoms with Gasteiger partial charge in [0, 0.05) is 19.0 Å². The largest absolute Gasteiger partial charge is 0.366 e. The molecule has 0 aromatic heterocycles. The van der Waals surface area contributed by atoms with Crippen molar-refractivity contribution in [2.75, 3.05) is 18.0 Å². The smallest absolute Gasteiger partial charge is 0.150 e. The number of hydrogen-bond acceptors (Lipinski definition) is 3. The summed E-state index contributed by atoms with van der Waals surface area (Å²) in [7, 11) is 0. The van der Waals surface area contributed by atoms with E-state index in [1.165, 1.54) is 4.90 Å². The van der Waals surface area contributed by atoms with Crippen LogP contribution in [0.4, 0.5) is 14.5 Å². The van der Waals surface area contributed by atoms with E-state index >= 15 is 0 Å². The zero-order chi connectivity index (χ0) is 13.1. The number of carbonyl (C=O) groups is 1. The van der Waals surface area contributed by atoms with Crippen LogP contribution in [-0.4, -0.2) is 19.4 Å². The Morgan fingerprint density at radius 1 is 1.39 bits per heavy atom. The maximum absolute atomic E-state index is 13.8. The lowest BCUT2D eigenvalue weighted by molar-refractivity contribution is -0.111. The highest BCUT2D eigenvalue weighted by Gasteiger charge is 2.24. The fraction of sp³-hybridized carbons (Fsp3) is 0.385. The van der Waals surface area contributed by atoms with Gasteiger partial charge in [0.25, 0.3) is 0 Å². The lowest BCUT2D eigenvalue weighted by atomic mass is 9.99. The molecule has 0 bridgehead atoms. The first-order valence-corrected chi connectivity index (χ1v) is 5.75. The Hall–Kier alpha value is -1.96. The first-order chi connectivity index (χ1) is 8.65. The molecule has 1 aliphatic heterocycles. The van der Waals surface area contributed by atoms with Crippen LogP contribution in [0, 0.1) is 28.9 Å². The number of rotatable bonds is 2. The predicted octanol–water partition coefficient (Wildman–Crippen LogP) is 2.25. The monoisotopic (exact) mass is 250 g/mol. The van der Waals surface area contributed by atoms with E-state index in [0.717, 1.165) is 31.3 Å². The molecule has 0 saturated carbocycles. The van der Waals surface area contributed by atoms with E-state index in [2.05, 4.69) is 0 Å². The van der Waals surface area contributed by atoms with Crippen molar-refractivity contribution in [3.8, 4) is 6.07 Å². The second-order valence-corrected chi connectivity index (χ2v) is 4.38. The number of nitrogens with zero attached hydrogens (tertiary/aromatic N) is 2. The van der Waals surface area contributed by atoms with E-state index < -0.39 is 11.6 Å². The molecule has 1 aliphatic rings. The minimum atomic E-state index is -0.752. The van der Waals surface area contributed by atoms with Crippen LogP contribution >= 0.6 is 0 Å². The number of hydrogen-bond donors (Lipinski definition) is 0. The van der Waals surface area contributed by atoms with Gasteiger partial charge in [-0.2, -0.15) is 5.26 Å². The van der Waals surface area contributed by atoms with Gasteiger partial charge in [-0.05, 0) is 25.0 Å². The van der Waals surface area contributed by atoms with Gasteiger partial charge in [0.2, 0.25) is 0 Å². The summed E-state index contributed by atoms with van der Waals surface area (Å²) >= 11 is 0. The topological polar surface area (TPSA) is 44.1 Å². The van der Waals surface area contributed by atoms with Gasteiger partial charge in [0.15, 0.2) is 11.6 Å². The van der Waals surface area contributed by atoms with Crippen molar-refractivity contribution in [1.82, 2.24) is 0 Å². The van der Waals surface area contributed by atoms with Crippen molar-refractivity contribution in [2.24, 2.45) is 5.92 Å². The van der Waals surface area contributed by atoms with Gasteiger partial charge in [-0.1, -0.05) is 0 Å². The molecule has 3 nitrogen and oxygen atoms in total. The molecular formula is C13H12F2N2O. The molecule has 1 atom stereocenters. The van der Waals surface area contributed by atoms with Crippen LogP contribution in [0.1, 0.15) is 18.4 Å². The number of aldehydes is 1. The van der Waals surface area contributed by atoms with Crippen LogP contribution in [0.2, 0.25) is 0 Å².